The molecule has 1 aromatic rings. The predicted molar refractivity (Wildman–Crippen MR) is 54.3 cm³/mol. The summed E-state index contributed by atoms with van der Waals surface area (Å²) < 4.78 is 5.47. The predicted octanol–water partition coefficient (Wildman–Crippen LogP) is 3.14. The molecule has 1 atom stereocenters. The molecule has 0 aromatic heterocycles. The fourth-order valence-corrected chi connectivity index (χ4v) is 1.75. The second-order valence-electron chi connectivity index (χ2n) is 3.77. The summed E-state index contributed by atoms with van der Waals surface area (Å²) in [7, 11) is 0. The molecular formula is C12H16O. The molecule has 13 heavy (non-hydrogen) atoms. The van der Waals surface area contributed by atoms with Gasteiger partial charge in [0.25, 0.3) is 0 Å². The SMILES string of the molecule is CCC(C)c1ccc2c(c1)CCO2. The number of hydrogen-bond donors (Lipinski definition) is 0. The van der Waals surface area contributed by atoms with E-state index in [0.717, 1.165) is 18.8 Å². The number of hydrogen-bond acceptors (Lipinski definition) is 1. The summed E-state index contributed by atoms with van der Waals surface area (Å²) in [5.41, 5.74) is 2.84. The normalized spacial score (nSPS) is 16.5. The van der Waals surface area contributed by atoms with Crippen molar-refractivity contribution in [3.63, 3.8) is 0 Å². The van der Waals surface area contributed by atoms with Crippen molar-refractivity contribution in [2.24, 2.45) is 0 Å². The highest BCUT2D eigenvalue weighted by atomic mass is 16.5. The van der Waals surface area contributed by atoms with Gasteiger partial charge in [0.15, 0.2) is 0 Å². The van der Waals surface area contributed by atoms with E-state index in [1.165, 1.54) is 17.5 Å². The van der Waals surface area contributed by atoms with Crippen LogP contribution in [0.2, 0.25) is 0 Å². The third-order valence-corrected chi connectivity index (χ3v) is 2.89. The minimum absolute atomic E-state index is 0.672. The van der Waals surface area contributed by atoms with Gasteiger partial charge in [-0.2, -0.15) is 0 Å². The molecule has 0 fully saturated rings. The molecule has 1 heteroatoms. The molecule has 0 aliphatic carbocycles. The Hall–Kier alpha value is -0.980. The van der Waals surface area contributed by atoms with Crippen molar-refractivity contribution in [2.75, 3.05) is 6.61 Å². The van der Waals surface area contributed by atoms with Gasteiger partial charge in [0.1, 0.15) is 5.75 Å². The zero-order valence-electron chi connectivity index (χ0n) is 8.34. The standard InChI is InChI=1S/C12H16O/c1-3-9(2)10-4-5-12-11(8-10)6-7-13-12/h4-5,8-9H,3,6-7H2,1-2H3. The molecular weight excluding hydrogens is 160 g/mol. The molecule has 0 spiro atoms. The molecule has 1 aliphatic rings. The summed E-state index contributed by atoms with van der Waals surface area (Å²) in [5.74, 6) is 1.76. The van der Waals surface area contributed by atoms with Crippen LogP contribution in [0.1, 0.15) is 37.3 Å². The largest absolute Gasteiger partial charge is 0.493 e. The maximum absolute atomic E-state index is 5.47. The Bertz CT molecular complexity index is 304. The average molecular weight is 176 g/mol. The van der Waals surface area contributed by atoms with Gasteiger partial charge in [0, 0.05) is 6.42 Å². The summed E-state index contributed by atoms with van der Waals surface area (Å²) in [6, 6.07) is 6.61. The average Bonchev–Trinajstić information content (AvgIpc) is 2.63. The van der Waals surface area contributed by atoms with Crippen LogP contribution in [0.3, 0.4) is 0 Å². The van der Waals surface area contributed by atoms with Gasteiger partial charge in [-0.1, -0.05) is 26.0 Å². The molecule has 70 valence electrons. The van der Waals surface area contributed by atoms with Gasteiger partial charge >= 0.3 is 0 Å². The van der Waals surface area contributed by atoms with E-state index in [4.69, 9.17) is 4.74 Å². The lowest BCUT2D eigenvalue weighted by Gasteiger charge is -2.09. The summed E-state index contributed by atoms with van der Waals surface area (Å²) in [4.78, 5) is 0. The zero-order valence-corrected chi connectivity index (χ0v) is 8.34. The summed E-state index contributed by atoms with van der Waals surface area (Å²) in [5, 5.41) is 0. The number of benzene rings is 1. The fourth-order valence-electron chi connectivity index (χ4n) is 1.75. The quantitative estimate of drug-likeness (QED) is 0.672. The Morgan fingerprint density at radius 2 is 2.31 bits per heavy atom. The van der Waals surface area contributed by atoms with Gasteiger partial charge in [-0.15, -0.1) is 0 Å². The van der Waals surface area contributed by atoms with E-state index >= 15 is 0 Å². The van der Waals surface area contributed by atoms with E-state index < -0.39 is 0 Å². The zero-order chi connectivity index (χ0) is 9.26. The van der Waals surface area contributed by atoms with E-state index in [9.17, 15) is 0 Å². The minimum Gasteiger partial charge on any atom is -0.493 e. The Morgan fingerprint density at radius 3 is 3.08 bits per heavy atom. The van der Waals surface area contributed by atoms with Gasteiger partial charge in [-0.25, -0.2) is 0 Å². The molecule has 1 unspecified atom stereocenters. The third-order valence-electron chi connectivity index (χ3n) is 2.89. The molecule has 1 aromatic carbocycles. The van der Waals surface area contributed by atoms with E-state index in [2.05, 4.69) is 32.0 Å². The molecule has 2 rings (SSSR count). The first-order chi connectivity index (χ1) is 6.31. The Kier molecular flexibility index (Phi) is 2.26. The molecule has 0 N–H and O–H groups in total. The van der Waals surface area contributed by atoms with Gasteiger partial charge in [0.05, 0.1) is 6.61 Å². The molecule has 1 heterocycles. The van der Waals surface area contributed by atoms with Gasteiger partial charge in [0.2, 0.25) is 0 Å². The molecule has 0 amide bonds. The lowest BCUT2D eigenvalue weighted by molar-refractivity contribution is 0.357. The van der Waals surface area contributed by atoms with Crippen LogP contribution < -0.4 is 4.74 Å². The summed E-state index contributed by atoms with van der Waals surface area (Å²) in [6.45, 7) is 5.37. The Morgan fingerprint density at radius 1 is 1.46 bits per heavy atom. The van der Waals surface area contributed by atoms with Crippen molar-refractivity contribution in [2.45, 2.75) is 32.6 Å². The van der Waals surface area contributed by atoms with Crippen LogP contribution in [0.4, 0.5) is 0 Å². The fraction of sp³-hybridized carbons (Fsp3) is 0.500. The molecule has 0 saturated carbocycles. The first kappa shape index (κ1) is 8.61. The number of rotatable bonds is 2. The summed E-state index contributed by atoms with van der Waals surface area (Å²) >= 11 is 0. The van der Waals surface area contributed by atoms with Crippen molar-refractivity contribution in [1.29, 1.82) is 0 Å². The van der Waals surface area contributed by atoms with E-state index in [1.54, 1.807) is 0 Å². The maximum atomic E-state index is 5.47. The highest BCUT2D eigenvalue weighted by Crippen LogP contribution is 2.29. The third kappa shape index (κ3) is 1.55. The highest BCUT2D eigenvalue weighted by molar-refractivity contribution is 5.40. The van der Waals surface area contributed by atoms with Crippen molar-refractivity contribution in [1.82, 2.24) is 0 Å². The van der Waals surface area contributed by atoms with Crippen LogP contribution in [0.5, 0.6) is 5.75 Å². The smallest absolute Gasteiger partial charge is 0.122 e. The molecule has 0 saturated heterocycles. The van der Waals surface area contributed by atoms with Crippen LogP contribution in [0.25, 0.3) is 0 Å². The Labute approximate surface area is 79.7 Å². The van der Waals surface area contributed by atoms with Crippen molar-refractivity contribution < 1.29 is 4.74 Å². The van der Waals surface area contributed by atoms with Crippen molar-refractivity contribution >= 4 is 0 Å². The van der Waals surface area contributed by atoms with Crippen LogP contribution in [-0.2, 0) is 6.42 Å². The summed E-state index contributed by atoms with van der Waals surface area (Å²) in [6.07, 6.45) is 2.29. The van der Waals surface area contributed by atoms with E-state index in [0.29, 0.717) is 5.92 Å². The van der Waals surface area contributed by atoms with Crippen LogP contribution >= 0.6 is 0 Å². The van der Waals surface area contributed by atoms with Crippen molar-refractivity contribution in [3.8, 4) is 5.75 Å². The van der Waals surface area contributed by atoms with E-state index in [-0.39, 0.29) is 0 Å². The molecule has 1 aliphatic heterocycles. The molecule has 1 nitrogen and oxygen atoms in total. The molecule has 0 bridgehead atoms. The van der Waals surface area contributed by atoms with Gasteiger partial charge in [-0.05, 0) is 29.5 Å². The number of fused-ring (bicyclic) bond motifs is 1. The first-order valence-corrected chi connectivity index (χ1v) is 5.07. The van der Waals surface area contributed by atoms with Crippen LogP contribution in [0, 0.1) is 0 Å². The van der Waals surface area contributed by atoms with E-state index in [1.807, 2.05) is 0 Å². The number of ether oxygens (including phenoxy) is 1. The monoisotopic (exact) mass is 176 g/mol. The van der Waals surface area contributed by atoms with Crippen LogP contribution in [0.15, 0.2) is 18.2 Å². The maximum Gasteiger partial charge on any atom is 0.122 e. The van der Waals surface area contributed by atoms with Gasteiger partial charge in [-0.3, -0.25) is 0 Å². The lowest BCUT2D eigenvalue weighted by atomic mass is 9.96. The van der Waals surface area contributed by atoms with Crippen molar-refractivity contribution in [3.05, 3.63) is 29.3 Å². The minimum atomic E-state index is 0.672. The first-order valence-electron chi connectivity index (χ1n) is 5.07. The van der Waals surface area contributed by atoms with Crippen LogP contribution in [-0.4, -0.2) is 6.61 Å². The topological polar surface area (TPSA) is 9.23 Å². The Balaban J connectivity index is 2.30. The highest BCUT2D eigenvalue weighted by Gasteiger charge is 2.13. The molecule has 0 radical (unpaired) electrons. The second kappa shape index (κ2) is 3.41. The lowest BCUT2D eigenvalue weighted by Crippen LogP contribution is -1.91. The van der Waals surface area contributed by atoms with Gasteiger partial charge < -0.3 is 4.74 Å². The second-order valence-corrected chi connectivity index (χ2v) is 3.77.